The van der Waals surface area contributed by atoms with Gasteiger partial charge in [0, 0.05) is 0 Å². The Kier molecular flexibility index (Phi) is 3.80. The van der Waals surface area contributed by atoms with Gasteiger partial charge in [0.15, 0.2) is 5.43 Å². The maximum atomic E-state index is 13.5. The lowest BCUT2D eigenvalue weighted by molar-refractivity contribution is 0.0938. The summed E-state index contributed by atoms with van der Waals surface area (Å²) in [5, 5.41) is 2.85. The maximum absolute atomic E-state index is 13.5. The van der Waals surface area contributed by atoms with Crippen molar-refractivity contribution in [3.05, 3.63) is 88.0 Å². The highest BCUT2D eigenvalue weighted by atomic mass is 19.1. The molecule has 0 fully saturated rings. The van der Waals surface area contributed by atoms with Gasteiger partial charge in [-0.25, -0.2) is 4.39 Å². The number of fused-ring (bicyclic) bond motifs is 2. The Morgan fingerprint density at radius 3 is 2.69 bits per heavy atom. The molecule has 3 aromatic rings. The molecule has 1 aliphatic rings. The highest BCUT2D eigenvalue weighted by molar-refractivity contribution is 5.98. The van der Waals surface area contributed by atoms with Crippen molar-refractivity contribution in [2.24, 2.45) is 0 Å². The molecule has 1 N–H and O–H groups in total. The van der Waals surface area contributed by atoms with Gasteiger partial charge in [-0.3, -0.25) is 9.59 Å². The fourth-order valence-electron chi connectivity index (χ4n) is 3.04. The molecule has 1 aromatic heterocycles. The molecule has 4 rings (SSSR count). The molecule has 0 saturated carbocycles. The Hall–Kier alpha value is -3.41. The Morgan fingerprint density at radius 2 is 1.96 bits per heavy atom. The van der Waals surface area contributed by atoms with E-state index in [1.807, 2.05) is 0 Å². The van der Waals surface area contributed by atoms with Crippen molar-refractivity contribution in [2.45, 2.75) is 6.04 Å². The number of carbonyl (C=O) groups excluding carboxylic acids is 1. The van der Waals surface area contributed by atoms with Crippen LogP contribution in [0.4, 0.5) is 4.39 Å². The summed E-state index contributed by atoms with van der Waals surface area (Å²) in [5.41, 5.74) is 0.647. The second kappa shape index (κ2) is 6.15. The van der Waals surface area contributed by atoms with E-state index in [9.17, 15) is 14.0 Å². The zero-order chi connectivity index (χ0) is 18.3. The summed E-state index contributed by atoms with van der Waals surface area (Å²) in [6.45, 7) is 3.96. The van der Waals surface area contributed by atoms with Crippen LogP contribution in [0.2, 0.25) is 0 Å². The molecule has 0 saturated heterocycles. The molecule has 0 bridgehead atoms. The predicted molar refractivity (Wildman–Crippen MR) is 93.9 cm³/mol. The van der Waals surface area contributed by atoms with Crippen LogP contribution in [0.1, 0.15) is 27.7 Å². The standard InChI is InChI=1S/C20H14FNO4/c1-2-9-25-13-6-3-11(4-7-13)17-16-18(23)14-10-12(21)5-8-15(14)26-19(16)20(24)22-17/h2-8,10,17H,1,9H2,(H,22,24). The van der Waals surface area contributed by atoms with Crippen LogP contribution in [0.3, 0.4) is 0 Å². The van der Waals surface area contributed by atoms with Gasteiger partial charge in [-0.1, -0.05) is 24.8 Å². The van der Waals surface area contributed by atoms with Crippen LogP contribution in [0.5, 0.6) is 5.75 Å². The molecular formula is C20H14FNO4. The number of hydrogen-bond acceptors (Lipinski definition) is 4. The van der Waals surface area contributed by atoms with E-state index in [1.165, 1.54) is 12.1 Å². The number of halogens is 1. The van der Waals surface area contributed by atoms with Crippen molar-refractivity contribution < 1.29 is 18.3 Å². The van der Waals surface area contributed by atoms with Gasteiger partial charge >= 0.3 is 0 Å². The molecule has 5 nitrogen and oxygen atoms in total. The Morgan fingerprint density at radius 1 is 1.19 bits per heavy atom. The zero-order valence-corrected chi connectivity index (χ0v) is 13.6. The molecule has 0 radical (unpaired) electrons. The van der Waals surface area contributed by atoms with E-state index in [2.05, 4.69) is 11.9 Å². The van der Waals surface area contributed by atoms with Crippen LogP contribution >= 0.6 is 0 Å². The van der Waals surface area contributed by atoms with Crippen molar-refractivity contribution in [3.63, 3.8) is 0 Å². The topological polar surface area (TPSA) is 68.5 Å². The third kappa shape index (κ3) is 2.56. The molecule has 1 aliphatic heterocycles. The average molecular weight is 351 g/mol. The fourth-order valence-corrected chi connectivity index (χ4v) is 3.04. The first-order chi connectivity index (χ1) is 12.6. The van der Waals surface area contributed by atoms with Gasteiger partial charge in [-0.2, -0.15) is 0 Å². The van der Waals surface area contributed by atoms with Crippen molar-refractivity contribution in [1.82, 2.24) is 5.32 Å². The minimum Gasteiger partial charge on any atom is -0.490 e. The van der Waals surface area contributed by atoms with Gasteiger partial charge < -0.3 is 14.5 Å². The van der Waals surface area contributed by atoms with Gasteiger partial charge in [0.25, 0.3) is 5.91 Å². The number of amides is 1. The lowest BCUT2D eigenvalue weighted by Crippen LogP contribution is -2.21. The average Bonchev–Trinajstić information content (AvgIpc) is 2.98. The molecule has 2 heterocycles. The molecule has 1 amide bonds. The van der Waals surface area contributed by atoms with E-state index in [0.29, 0.717) is 17.9 Å². The van der Waals surface area contributed by atoms with Crippen LogP contribution in [-0.2, 0) is 0 Å². The Balaban J connectivity index is 1.81. The highest BCUT2D eigenvalue weighted by Gasteiger charge is 2.35. The van der Waals surface area contributed by atoms with Crippen LogP contribution in [-0.4, -0.2) is 12.5 Å². The third-order valence-corrected chi connectivity index (χ3v) is 4.24. The normalized spacial score (nSPS) is 15.6. The molecule has 26 heavy (non-hydrogen) atoms. The number of carbonyl (C=O) groups is 1. The van der Waals surface area contributed by atoms with Gasteiger partial charge in [0.1, 0.15) is 23.8 Å². The summed E-state index contributed by atoms with van der Waals surface area (Å²) < 4.78 is 24.5. The van der Waals surface area contributed by atoms with Gasteiger partial charge in [-0.15, -0.1) is 0 Å². The second-order valence-corrected chi connectivity index (χ2v) is 5.89. The molecule has 1 atom stereocenters. The Bertz CT molecular complexity index is 1090. The molecule has 130 valence electrons. The van der Waals surface area contributed by atoms with Crippen molar-refractivity contribution in [3.8, 4) is 5.75 Å². The molecule has 2 aromatic carbocycles. The monoisotopic (exact) mass is 351 g/mol. The molecular weight excluding hydrogens is 337 g/mol. The summed E-state index contributed by atoms with van der Waals surface area (Å²) in [4.78, 5) is 25.1. The van der Waals surface area contributed by atoms with Crippen LogP contribution < -0.4 is 15.5 Å². The van der Waals surface area contributed by atoms with Crippen molar-refractivity contribution in [2.75, 3.05) is 6.61 Å². The van der Waals surface area contributed by atoms with E-state index in [1.54, 1.807) is 30.3 Å². The minimum atomic E-state index is -0.658. The number of ether oxygens (including phenoxy) is 1. The number of hydrogen-bond donors (Lipinski definition) is 1. The maximum Gasteiger partial charge on any atom is 0.288 e. The van der Waals surface area contributed by atoms with E-state index in [4.69, 9.17) is 9.15 Å². The number of benzene rings is 2. The van der Waals surface area contributed by atoms with E-state index in [-0.39, 0.29) is 22.3 Å². The van der Waals surface area contributed by atoms with Crippen LogP contribution in [0.25, 0.3) is 11.0 Å². The largest absolute Gasteiger partial charge is 0.490 e. The number of nitrogens with one attached hydrogen (secondary N) is 1. The lowest BCUT2D eigenvalue weighted by atomic mass is 9.99. The third-order valence-electron chi connectivity index (χ3n) is 4.24. The molecule has 0 aliphatic carbocycles. The lowest BCUT2D eigenvalue weighted by Gasteiger charge is -2.12. The smallest absolute Gasteiger partial charge is 0.288 e. The first kappa shape index (κ1) is 16.1. The minimum absolute atomic E-state index is 0.0360. The summed E-state index contributed by atoms with van der Waals surface area (Å²) in [6.07, 6.45) is 1.64. The van der Waals surface area contributed by atoms with E-state index in [0.717, 1.165) is 6.07 Å². The van der Waals surface area contributed by atoms with Gasteiger partial charge in [0.05, 0.1) is 17.0 Å². The molecule has 6 heteroatoms. The van der Waals surface area contributed by atoms with Crippen LogP contribution in [0.15, 0.2) is 64.3 Å². The van der Waals surface area contributed by atoms with Gasteiger partial charge in [-0.05, 0) is 35.9 Å². The fraction of sp³-hybridized carbons (Fsp3) is 0.100. The number of rotatable bonds is 4. The second-order valence-electron chi connectivity index (χ2n) is 5.89. The Labute approximate surface area is 147 Å². The first-order valence-corrected chi connectivity index (χ1v) is 7.99. The summed E-state index contributed by atoms with van der Waals surface area (Å²) >= 11 is 0. The quantitative estimate of drug-likeness (QED) is 0.732. The van der Waals surface area contributed by atoms with Crippen molar-refractivity contribution >= 4 is 16.9 Å². The van der Waals surface area contributed by atoms with Gasteiger partial charge in [0.2, 0.25) is 5.76 Å². The van der Waals surface area contributed by atoms with E-state index >= 15 is 0 Å². The summed E-state index contributed by atoms with van der Waals surface area (Å²) in [5.74, 6) is -0.403. The highest BCUT2D eigenvalue weighted by Crippen LogP contribution is 2.31. The van der Waals surface area contributed by atoms with Crippen molar-refractivity contribution in [1.29, 1.82) is 0 Å². The zero-order valence-electron chi connectivity index (χ0n) is 13.6. The molecule has 1 unspecified atom stereocenters. The first-order valence-electron chi connectivity index (χ1n) is 7.99. The SMILES string of the molecule is C=CCOc1ccc(C2NC(=O)c3oc4ccc(F)cc4c(=O)c32)cc1. The summed E-state index contributed by atoms with van der Waals surface area (Å²) in [6, 6.07) is 9.99. The summed E-state index contributed by atoms with van der Waals surface area (Å²) in [7, 11) is 0. The predicted octanol–water partition coefficient (Wildman–Crippen LogP) is 3.33. The van der Waals surface area contributed by atoms with Crippen LogP contribution in [0, 0.1) is 5.82 Å². The van der Waals surface area contributed by atoms with E-state index < -0.39 is 23.2 Å². The molecule has 0 spiro atoms.